The number of nitrogens with zero attached hydrogens (tertiary/aromatic N) is 3. The molecule has 1 amide bonds. The van der Waals surface area contributed by atoms with Crippen LogP contribution < -0.4 is 4.90 Å². The highest BCUT2D eigenvalue weighted by molar-refractivity contribution is 5.91. The van der Waals surface area contributed by atoms with Gasteiger partial charge in [-0.3, -0.25) is 9.88 Å². The predicted molar refractivity (Wildman–Crippen MR) is 109 cm³/mol. The van der Waals surface area contributed by atoms with Crippen molar-refractivity contribution in [1.82, 2.24) is 4.98 Å². The topological polar surface area (TPSA) is 66.2 Å². The van der Waals surface area contributed by atoms with Gasteiger partial charge in [-0.25, -0.2) is 4.79 Å². The van der Waals surface area contributed by atoms with Gasteiger partial charge in [0.1, 0.15) is 11.7 Å². The van der Waals surface area contributed by atoms with Gasteiger partial charge in [-0.05, 0) is 62.4 Å². The first-order valence-corrected chi connectivity index (χ1v) is 9.57. The van der Waals surface area contributed by atoms with Crippen LogP contribution in [0.4, 0.5) is 10.5 Å². The average molecular weight is 377 g/mol. The molecule has 0 unspecified atom stereocenters. The van der Waals surface area contributed by atoms with Crippen LogP contribution in [0, 0.1) is 11.3 Å². The fourth-order valence-electron chi connectivity index (χ4n) is 3.54. The largest absolute Gasteiger partial charge is 0.443 e. The van der Waals surface area contributed by atoms with Gasteiger partial charge in [0.2, 0.25) is 0 Å². The molecule has 0 saturated heterocycles. The minimum Gasteiger partial charge on any atom is -0.443 e. The molecular formula is C23H27N3O2. The Hall–Kier alpha value is -2.87. The molecule has 0 N–H and O–H groups in total. The molecule has 2 aromatic rings. The summed E-state index contributed by atoms with van der Waals surface area (Å²) in [6, 6.07) is 10.3. The maximum absolute atomic E-state index is 12.6. The van der Waals surface area contributed by atoms with Gasteiger partial charge in [0, 0.05) is 24.4 Å². The molecule has 28 heavy (non-hydrogen) atoms. The number of aryl methyl sites for hydroxylation is 2. The summed E-state index contributed by atoms with van der Waals surface area (Å²) >= 11 is 0. The molecule has 1 aliphatic rings. The third-order valence-electron chi connectivity index (χ3n) is 4.87. The highest BCUT2D eigenvalue weighted by Crippen LogP contribution is 2.41. The molecule has 1 aromatic heterocycles. The second kappa shape index (κ2) is 7.27. The lowest BCUT2D eigenvalue weighted by molar-refractivity contribution is 0.0579. The van der Waals surface area contributed by atoms with E-state index in [1.165, 1.54) is 11.1 Å². The molecule has 5 nitrogen and oxygen atoms in total. The van der Waals surface area contributed by atoms with Crippen LogP contribution in [0.25, 0.3) is 0 Å². The van der Waals surface area contributed by atoms with E-state index in [-0.39, 0.29) is 11.5 Å². The van der Waals surface area contributed by atoms with E-state index in [0.29, 0.717) is 12.1 Å². The molecule has 0 saturated carbocycles. The number of aromatic nitrogens is 1. The zero-order chi connectivity index (χ0) is 20.5. The van der Waals surface area contributed by atoms with E-state index < -0.39 is 5.60 Å². The van der Waals surface area contributed by atoms with Crippen LogP contribution in [0.5, 0.6) is 0 Å². The number of nitriles is 1. The first-order chi connectivity index (χ1) is 13.1. The lowest BCUT2D eigenvalue weighted by atomic mass is 9.85. The van der Waals surface area contributed by atoms with Crippen LogP contribution in [0.2, 0.25) is 0 Å². The zero-order valence-electron chi connectivity index (χ0n) is 17.2. The van der Waals surface area contributed by atoms with Crippen molar-refractivity contribution in [3.8, 4) is 6.07 Å². The number of benzene rings is 1. The third-order valence-corrected chi connectivity index (χ3v) is 4.87. The molecule has 0 aliphatic carbocycles. The standard InChI is InChI=1S/C23H27N3O2/c1-22(2,3)28-21(27)26-15-23(4,5)19-11-16(8-9-20(19)26)6-7-17-10-18(12-24)14-25-13-17/h8-11,13-14H,6-7,15H2,1-5H3. The van der Waals surface area contributed by atoms with E-state index in [9.17, 15) is 4.79 Å². The number of anilines is 1. The Bertz CT molecular complexity index is 936. The molecule has 1 aliphatic heterocycles. The Balaban J connectivity index is 1.79. The highest BCUT2D eigenvalue weighted by atomic mass is 16.6. The number of carbonyl (C=O) groups is 1. The Morgan fingerprint density at radius 2 is 1.93 bits per heavy atom. The number of ether oxygens (including phenoxy) is 1. The van der Waals surface area contributed by atoms with Crippen molar-refractivity contribution in [2.75, 3.05) is 11.4 Å². The van der Waals surface area contributed by atoms with E-state index in [2.05, 4.69) is 37.0 Å². The van der Waals surface area contributed by atoms with Crippen molar-refractivity contribution in [2.24, 2.45) is 0 Å². The number of hydrogen-bond donors (Lipinski definition) is 0. The van der Waals surface area contributed by atoms with E-state index in [1.54, 1.807) is 11.1 Å². The molecule has 0 atom stereocenters. The number of carbonyl (C=O) groups excluding carboxylic acids is 1. The normalized spacial score (nSPS) is 15.1. The summed E-state index contributed by atoms with van der Waals surface area (Å²) in [7, 11) is 0. The van der Waals surface area contributed by atoms with E-state index in [0.717, 1.165) is 24.1 Å². The third kappa shape index (κ3) is 4.33. The summed E-state index contributed by atoms with van der Waals surface area (Å²) in [6.45, 7) is 10.6. The Morgan fingerprint density at radius 3 is 2.61 bits per heavy atom. The van der Waals surface area contributed by atoms with Crippen molar-refractivity contribution in [1.29, 1.82) is 5.26 Å². The summed E-state index contributed by atoms with van der Waals surface area (Å²) in [5.41, 5.74) is 4.28. The van der Waals surface area contributed by atoms with E-state index in [1.807, 2.05) is 39.1 Å². The van der Waals surface area contributed by atoms with Crippen molar-refractivity contribution < 1.29 is 9.53 Å². The van der Waals surface area contributed by atoms with Crippen molar-refractivity contribution in [2.45, 2.75) is 58.5 Å². The van der Waals surface area contributed by atoms with Crippen LogP contribution in [-0.4, -0.2) is 23.2 Å². The Kier molecular flexibility index (Phi) is 5.16. The van der Waals surface area contributed by atoms with Gasteiger partial charge in [0.15, 0.2) is 0 Å². The fourth-order valence-corrected chi connectivity index (χ4v) is 3.54. The van der Waals surface area contributed by atoms with Gasteiger partial charge < -0.3 is 4.74 Å². The van der Waals surface area contributed by atoms with Crippen LogP contribution >= 0.6 is 0 Å². The smallest absolute Gasteiger partial charge is 0.414 e. The summed E-state index contributed by atoms with van der Waals surface area (Å²) in [4.78, 5) is 18.5. The quantitative estimate of drug-likeness (QED) is 0.773. The van der Waals surface area contributed by atoms with E-state index >= 15 is 0 Å². The van der Waals surface area contributed by atoms with Gasteiger partial charge in [-0.1, -0.05) is 26.0 Å². The summed E-state index contributed by atoms with van der Waals surface area (Å²) in [6.07, 6.45) is 4.75. The number of pyridine rings is 1. The van der Waals surface area contributed by atoms with Crippen LogP contribution in [0.3, 0.4) is 0 Å². The minimum atomic E-state index is -0.518. The van der Waals surface area contributed by atoms with Crippen molar-refractivity contribution >= 4 is 11.8 Å². The first-order valence-electron chi connectivity index (χ1n) is 9.57. The van der Waals surface area contributed by atoms with Gasteiger partial charge in [-0.15, -0.1) is 0 Å². The molecule has 0 radical (unpaired) electrons. The van der Waals surface area contributed by atoms with Crippen LogP contribution in [0.1, 0.15) is 56.9 Å². The fraction of sp³-hybridized carbons (Fsp3) is 0.435. The van der Waals surface area contributed by atoms with Crippen LogP contribution in [0.15, 0.2) is 36.7 Å². The lowest BCUT2D eigenvalue weighted by Gasteiger charge is -2.25. The minimum absolute atomic E-state index is 0.134. The predicted octanol–water partition coefficient (Wildman–Crippen LogP) is 4.77. The molecule has 0 spiro atoms. The number of fused-ring (bicyclic) bond motifs is 1. The van der Waals surface area contributed by atoms with Crippen LogP contribution in [-0.2, 0) is 23.0 Å². The maximum atomic E-state index is 12.6. The highest BCUT2D eigenvalue weighted by Gasteiger charge is 2.39. The number of amides is 1. The van der Waals surface area contributed by atoms with Crippen molar-refractivity contribution in [3.05, 3.63) is 58.9 Å². The van der Waals surface area contributed by atoms with Gasteiger partial charge >= 0.3 is 6.09 Å². The summed E-state index contributed by atoms with van der Waals surface area (Å²) < 4.78 is 5.58. The van der Waals surface area contributed by atoms with Crippen molar-refractivity contribution in [3.63, 3.8) is 0 Å². The average Bonchev–Trinajstić information content (AvgIpc) is 2.90. The monoisotopic (exact) mass is 377 g/mol. The molecule has 0 bridgehead atoms. The van der Waals surface area contributed by atoms with Gasteiger partial charge in [-0.2, -0.15) is 5.26 Å². The summed E-state index contributed by atoms with van der Waals surface area (Å²) in [5, 5.41) is 9.02. The molecule has 5 heteroatoms. The Labute approximate surface area is 167 Å². The number of hydrogen-bond acceptors (Lipinski definition) is 4. The maximum Gasteiger partial charge on any atom is 0.414 e. The van der Waals surface area contributed by atoms with Gasteiger partial charge in [0.25, 0.3) is 0 Å². The first kappa shape index (κ1) is 19.9. The lowest BCUT2D eigenvalue weighted by Crippen LogP contribution is -2.38. The molecule has 0 fully saturated rings. The molecule has 3 rings (SSSR count). The van der Waals surface area contributed by atoms with Gasteiger partial charge in [0.05, 0.1) is 11.3 Å². The molecule has 146 valence electrons. The second-order valence-electron chi connectivity index (χ2n) is 9.00. The SMILES string of the molecule is CC(C)(C)OC(=O)N1CC(C)(C)c2cc(CCc3cncc(C#N)c3)ccc21. The second-order valence-corrected chi connectivity index (χ2v) is 9.00. The Morgan fingerprint density at radius 1 is 1.21 bits per heavy atom. The molecule has 1 aromatic carbocycles. The number of rotatable bonds is 3. The van der Waals surface area contributed by atoms with E-state index in [4.69, 9.17) is 10.00 Å². The molecular weight excluding hydrogens is 350 g/mol. The zero-order valence-corrected chi connectivity index (χ0v) is 17.2. The molecule has 2 heterocycles. The summed E-state index contributed by atoms with van der Waals surface area (Å²) in [5.74, 6) is 0.